The summed E-state index contributed by atoms with van der Waals surface area (Å²) < 4.78 is 1.40. The van der Waals surface area contributed by atoms with Gasteiger partial charge in [-0.05, 0) is 18.1 Å². The van der Waals surface area contributed by atoms with Crippen LogP contribution in [0, 0.1) is 0 Å². The quantitative estimate of drug-likeness (QED) is 0.883. The lowest BCUT2D eigenvalue weighted by Crippen LogP contribution is -2.34. The summed E-state index contributed by atoms with van der Waals surface area (Å²) in [5, 5.41) is 2.91. The molecule has 0 radical (unpaired) electrons. The van der Waals surface area contributed by atoms with Crippen LogP contribution in [-0.4, -0.2) is 17.0 Å². The van der Waals surface area contributed by atoms with Crippen molar-refractivity contribution in [2.45, 2.75) is 25.8 Å². The predicted octanol–water partition coefficient (Wildman–Crippen LogP) is 2.16. The standard InChI is InChI=1S/C17H20N2O2/c1-2-14(15-8-4-3-5-9-15)12-18-16(20)13-19-11-7-6-10-17(19)21/h3-11,14H,2,12-13H2,1H3,(H,18,20). The van der Waals surface area contributed by atoms with Crippen molar-refractivity contribution < 1.29 is 4.79 Å². The van der Waals surface area contributed by atoms with Crippen molar-refractivity contribution in [2.75, 3.05) is 6.54 Å². The zero-order valence-electron chi connectivity index (χ0n) is 12.2. The molecule has 1 atom stereocenters. The lowest BCUT2D eigenvalue weighted by atomic mass is 9.96. The van der Waals surface area contributed by atoms with Gasteiger partial charge in [0.25, 0.3) is 5.56 Å². The number of nitrogens with one attached hydrogen (secondary N) is 1. The molecule has 2 aromatic rings. The first-order valence-corrected chi connectivity index (χ1v) is 7.18. The minimum Gasteiger partial charge on any atom is -0.354 e. The van der Waals surface area contributed by atoms with Crippen molar-refractivity contribution in [3.63, 3.8) is 0 Å². The number of benzene rings is 1. The number of pyridine rings is 1. The maximum atomic E-state index is 11.9. The van der Waals surface area contributed by atoms with Crippen LogP contribution in [0.25, 0.3) is 0 Å². The summed E-state index contributed by atoms with van der Waals surface area (Å²) >= 11 is 0. The Morgan fingerprint density at radius 2 is 1.86 bits per heavy atom. The first kappa shape index (κ1) is 15.0. The van der Waals surface area contributed by atoms with Gasteiger partial charge in [0.15, 0.2) is 0 Å². The first-order valence-electron chi connectivity index (χ1n) is 7.18. The van der Waals surface area contributed by atoms with E-state index in [9.17, 15) is 9.59 Å². The van der Waals surface area contributed by atoms with Crippen molar-refractivity contribution in [2.24, 2.45) is 0 Å². The number of carbonyl (C=O) groups excluding carboxylic acids is 1. The molecule has 0 spiro atoms. The van der Waals surface area contributed by atoms with E-state index in [0.717, 1.165) is 6.42 Å². The first-order chi connectivity index (χ1) is 10.2. The van der Waals surface area contributed by atoms with Gasteiger partial charge < -0.3 is 9.88 Å². The molecule has 110 valence electrons. The summed E-state index contributed by atoms with van der Waals surface area (Å²) in [5.74, 6) is 0.153. The highest BCUT2D eigenvalue weighted by Crippen LogP contribution is 2.17. The molecular weight excluding hydrogens is 264 g/mol. The summed E-state index contributed by atoms with van der Waals surface area (Å²) in [6, 6.07) is 15.0. The minimum absolute atomic E-state index is 0.0604. The van der Waals surface area contributed by atoms with E-state index in [2.05, 4.69) is 24.4 Å². The van der Waals surface area contributed by atoms with Crippen LogP contribution in [0.15, 0.2) is 59.5 Å². The Balaban J connectivity index is 1.91. The number of rotatable bonds is 6. The summed E-state index contributed by atoms with van der Waals surface area (Å²) in [5.41, 5.74) is 1.06. The van der Waals surface area contributed by atoms with E-state index < -0.39 is 0 Å². The molecular formula is C17H20N2O2. The van der Waals surface area contributed by atoms with Crippen LogP contribution in [0.5, 0.6) is 0 Å². The van der Waals surface area contributed by atoms with Gasteiger partial charge in [-0.2, -0.15) is 0 Å². The summed E-state index contributed by atoms with van der Waals surface area (Å²) in [6.45, 7) is 2.75. The molecule has 4 nitrogen and oxygen atoms in total. The zero-order chi connectivity index (χ0) is 15.1. The molecule has 0 fully saturated rings. The summed E-state index contributed by atoms with van der Waals surface area (Å²) in [6.07, 6.45) is 2.58. The Labute approximate surface area is 124 Å². The summed E-state index contributed by atoms with van der Waals surface area (Å²) in [4.78, 5) is 23.5. The van der Waals surface area contributed by atoms with Crippen molar-refractivity contribution in [1.82, 2.24) is 9.88 Å². The van der Waals surface area contributed by atoms with Crippen molar-refractivity contribution in [1.29, 1.82) is 0 Å². The number of amides is 1. The van der Waals surface area contributed by atoms with Gasteiger partial charge in [0.05, 0.1) is 0 Å². The maximum Gasteiger partial charge on any atom is 0.250 e. The molecule has 1 aromatic carbocycles. The van der Waals surface area contributed by atoms with Gasteiger partial charge in [-0.3, -0.25) is 9.59 Å². The fraction of sp³-hybridized carbons (Fsp3) is 0.294. The largest absolute Gasteiger partial charge is 0.354 e. The monoisotopic (exact) mass is 284 g/mol. The second-order valence-corrected chi connectivity index (χ2v) is 4.99. The minimum atomic E-state index is -0.164. The van der Waals surface area contributed by atoms with Gasteiger partial charge in [-0.1, -0.05) is 43.3 Å². The molecule has 1 amide bonds. The number of hydrogen-bond acceptors (Lipinski definition) is 2. The van der Waals surface area contributed by atoms with Crippen LogP contribution in [-0.2, 0) is 11.3 Å². The van der Waals surface area contributed by atoms with Crippen molar-refractivity contribution in [3.8, 4) is 0 Å². The van der Waals surface area contributed by atoms with E-state index in [1.54, 1.807) is 18.3 Å². The smallest absolute Gasteiger partial charge is 0.250 e. The topological polar surface area (TPSA) is 51.1 Å². The molecule has 0 saturated heterocycles. The van der Waals surface area contributed by atoms with Crippen LogP contribution in [0.2, 0.25) is 0 Å². The molecule has 0 aliphatic rings. The molecule has 2 rings (SSSR count). The van der Waals surface area contributed by atoms with E-state index in [0.29, 0.717) is 12.5 Å². The summed E-state index contributed by atoms with van der Waals surface area (Å²) in [7, 11) is 0. The molecule has 1 aromatic heterocycles. The number of aromatic nitrogens is 1. The van der Waals surface area contributed by atoms with Crippen molar-refractivity contribution in [3.05, 3.63) is 70.6 Å². The number of carbonyl (C=O) groups is 1. The van der Waals surface area contributed by atoms with Gasteiger partial charge in [0.1, 0.15) is 6.54 Å². The van der Waals surface area contributed by atoms with Gasteiger partial charge in [-0.15, -0.1) is 0 Å². The van der Waals surface area contributed by atoms with Crippen LogP contribution in [0.3, 0.4) is 0 Å². The Hall–Kier alpha value is -2.36. The highest BCUT2D eigenvalue weighted by molar-refractivity contribution is 5.75. The molecule has 1 unspecified atom stereocenters. The fourth-order valence-corrected chi connectivity index (χ4v) is 2.26. The lowest BCUT2D eigenvalue weighted by molar-refractivity contribution is -0.121. The average Bonchev–Trinajstić information content (AvgIpc) is 2.51. The third-order valence-electron chi connectivity index (χ3n) is 3.52. The van der Waals surface area contributed by atoms with E-state index in [1.165, 1.54) is 16.2 Å². The second-order valence-electron chi connectivity index (χ2n) is 4.99. The Kier molecular flexibility index (Phi) is 5.32. The molecule has 21 heavy (non-hydrogen) atoms. The molecule has 4 heteroatoms. The van der Waals surface area contributed by atoms with Crippen LogP contribution in [0.4, 0.5) is 0 Å². The number of nitrogens with zero attached hydrogens (tertiary/aromatic N) is 1. The normalized spacial score (nSPS) is 11.9. The molecule has 0 bridgehead atoms. The highest BCUT2D eigenvalue weighted by Gasteiger charge is 2.11. The molecule has 0 saturated carbocycles. The van der Waals surface area contributed by atoms with E-state index in [1.807, 2.05) is 18.2 Å². The maximum absolute atomic E-state index is 11.9. The Bertz CT molecular complexity index is 634. The van der Waals surface area contributed by atoms with Crippen LogP contribution in [0.1, 0.15) is 24.8 Å². The lowest BCUT2D eigenvalue weighted by Gasteiger charge is -2.16. The fourth-order valence-electron chi connectivity index (χ4n) is 2.26. The van der Waals surface area contributed by atoms with E-state index >= 15 is 0 Å². The third-order valence-corrected chi connectivity index (χ3v) is 3.52. The molecule has 0 aliphatic heterocycles. The van der Waals surface area contributed by atoms with Crippen molar-refractivity contribution >= 4 is 5.91 Å². The van der Waals surface area contributed by atoms with Crippen LogP contribution < -0.4 is 10.9 Å². The Morgan fingerprint density at radius 1 is 1.14 bits per heavy atom. The zero-order valence-corrected chi connectivity index (χ0v) is 12.2. The van der Waals surface area contributed by atoms with E-state index in [-0.39, 0.29) is 18.0 Å². The highest BCUT2D eigenvalue weighted by atomic mass is 16.2. The molecule has 1 heterocycles. The van der Waals surface area contributed by atoms with Gasteiger partial charge >= 0.3 is 0 Å². The Morgan fingerprint density at radius 3 is 2.52 bits per heavy atom. The van der Waals surface area contributed by atoms with E-state index in [4.69, 9.17) is 0 Å². The molecule has 0 aliphatic carbocycles. The SMILES string of the molecule is CCC(CNC(=O)Cn1ccccc1=O)c1ccccc1. The third kappa shape index (κ3) is 4.31. The van der Waals surface area contributed by atoms with Gasteiger partial charge in [0.2, 0.25) is 5.91 Å². The second kappa shape index (κ2) is 7.43. The van der Waals surface area contributed by atoms with Crippen LogP contribution >= 0.6 is 0 Å². The number of hydrogen-bond donors (Lipinski definition) is 1. The average molecular weight is 284 g/mol. The predicted molar refractivity (Wildman–Crippen MR) is 83.2 cm³/mol. The van der Waals surface area contributed by atoms with Gasteiger partial charge in [0, 0.05) is 24.7 Å². The molecule has 1 N–H and O–H groups in total. The van der Waals surface area contributed by atoms with Gasteiger partial charge in [-0.25, -0.2) is 0 Å².